The summed E-state index contributed by atoms with van der Waals surface area (Å²) in [5.41, 5.74) is 8.52. The standard InChI is InChI=1S/C26H27N5/c1-18-8-7-12-27-26(18)31-19(2)14-22(20(31)3)16-30-13-11-24-23(17-30)15-28-25(29-24)21-9-5-4-6-10-21/h4-10,12,14-15H,11,13,16-17H2,1-3H3. The van der Waals surface area contributed by atoms with Gasteiger partial charge >= 0.3 is 0 Å². The zero-order chi connectivity index (χ0) is 21.4. The second-order valence-electron chi connectivity index (χ2n) is 8.37. The lowest BCUT2D eigenvalue weighted by molar-refractivity contribution is 0.242. The molecule has 5 rings (SSSR count). The van der Waals surface area contributed by atoms with Gasteiger partial charge in [-0.1, -0.05) is 36.4 Å². The van der Waals surface area contributed by atoms with Crippen LogP contribution in [0.1, 0.15) is 33.8 Å². The van der Waals surface area contributed by atoms with Gasteiger partial charge in [-0.3, -0.25) is 4.90 Å². The first kappa shape index (κ1) is 19.6. The van der Waals surface area contributed by atoms with Crippen LogP contribution in [0.2, 0.25) is 0 Å². The Kier molecular flexibility index (Phi) is 5.12. The first-order valence-corrected chi connectivity index (χ1v) is 10.8. The number of rotatable bonds is 4. The maximum absolute atomic E-state index is 4.86. The topological polar surface area (TPSA) is 46.8 Å². The molecular weight excluding hydrogens is 382 g/mol. The molecule has 1 aliphatic rings. The number of nitrogens with zero attached hydrogens (tertiary/aromatic N) is 5. The first-order chi connectivity index (χ1) is 15.1. The van der Waals surface area contributed by atoms with Gasteiger partial charge in [0.1, 0.15) is 5.82 Å². The Balaban J connectivity index is 1.36. The maximum atomic E-state index is 4.86. The third-order valence-corrected chi connectivity index (χ3v) is 6.17. The minimum atomic E-state index is 0.821. The Labute approximate surface area is 183 Å². The molecule has 0 unspecified atom stereocenters. The van der Waals surface area contributed by atoms with E-state index in [1.165, 1.54) is 33.8 Å². The lowest BCUT2D eigenvalue weighted by Gasteiger charge is -2.28. The molecule has 0 bridgehead atoms. The summed E-state index contributed by atoms with van der Waals surface area (Å²) in [6.07, 6.45) is 4.83. The summed E-state index contributed by atoms with van der Waals surface area (Å²) in [6, 6.07) is 16.6. The fraction of sp³-hybridized carbons (Fsp3) is 0.269. The van der Waals surface area contributed by atoms with Crippen molar-refractivity contribution in [2.75, 3.05) is 6.54 Å². The quantitative estimate of drug-likeness (QED) is 0.485. The number of fused-ring (bicyclic) bond motifs is 1. The molecule has 0 saturated heterocycles. The van der Waals surface area contributed by atoms with Gasteiger partial charge in [-0.25, -0.2) is 15.0 Å². The van der Waals surface area contributed by atoms with Crippen molar-refractivity contribution in [1.82, 2.24) is 24.4 Å². The van der Waals surface area contributed by atoms with Gasteiger partial charge in [0.25, 0.3) is 0 Å². The van der Waals surface area contributed by atoms with Crippen LogP contribution in [0.4, 0.5) is 0 Å². The minimum Gasteiger partial charge on any atom is -0.303 e. The molecular formula is C26H27N5. The van der Waals surface area contributed by atoms with Gasteiger partial charge in [-0.2, -0.15) is 0 Å². The fourth-order valence-corrected chi connectivity index (χ4v) is 4.50. The van der Waals surface area contributed by atoms with Gasteiger partial charge < -0.3 is 4.57 Å². The molecule has 0 fully saturated rings. The zero-order valence-electron chi connectivity index (χ0n) is 18.3. The zero-order valence-corrected chi connectivity index (χ0v) is 18.3. The summed E-state index contributed by atoms with van der Waals surface area (Å²) in [7, 11) is 0. The highest BCUT2D eigenvalue weighted by Crippen LogP contribution is 2.26. The van der Waals surface area contributed by atoms with Crippen LogP contribution in [0, 0.1) is 20.8 Å². The first-order valence-electron chi connectivity index (χ1n) is 10.8. The van der Waals surface area contributed by atoms with Gasteiger partial charge in [0, 0.05) is 61.0 Å². The molecule has 31 heavy (non-hydrogen) atoms. The lowest BCUT2D eigenvalue weighted by Crippen LogP contribution is -2.31. The monoisotopic (exact) mass is 409 g/mol. The van der Waals surface area contributed by atoms with E-state index in [2.05, 4.69) is 64.5 Å². The van der Waals surface area contributed by atoms with Gasteiger partial charge in [0.05, 0.1) is 5.69 Å². The summed E-state index contributed by atoms with van der Waals surface area (Å²) < 4.78 is 2.28. The van der Waals surface area contributed by atoms with Crippen LogP contribution in [-0.2, 0) is 19.5 Å². The van der Waals surface area contributed by atoms with E-state index in [0.717, 1.165) is 43.3 Å². The third kappa shape index (κ3) is 3.77. The van der Waals surface area contributed by atoms with Crippen LogP contribution in [0.15, 0.2) is 60.9 Å². The summed E-state index contributed by atoms with van der Waals surface area (Å²) >= 11 is 0. The van der Waals surface area contributed by atoms with Crippen LogP contribution in [0.3, 0.4) is 0 Å². The van der Waals surface area contributed by atoms with E-state index in [0.29, 0.717) is 0 Å². The van der Waals surface area contributed by atoms with Crippen molar-refractivity contribution < 1.29 is 0 Å². The van der Waals surface area contributed by atoms with Gasteiger partial charge in [0.2, 0.25) is 0 Å². The maximum Gasteiger partial charge on any atom is 0.159 e. The van der Waals surface area contributed by atoms with Crippen LogP contribution in [-0.4, -0.2) is 31.0 Å². The second kappa shape index (κ2) is 8.08. The average Bonchev–Trinajstić information content (AvgIpc) is 3.07. The van der Waals surface area contributed by atoms with Gasteiger partial charge in [-0.05, 0) is 44.0 Å². The number of benzene rings is 1. The van der Waals surface area contributed by atoms with Crippen LogP contribution < -0.4 is 0 Å². The van der Waals surface area contributed by atoms with Crippen LogP contribution in [0.5, 0.6) is 0 Å². The smallest absolute Gasteiger partial charge is 0.159 e. The number of hydrogen-bond acceptors (Lipinski definition) is 4. The molecule has 0 aliphatic carbocycles. The van der Waals surface area contributed by atoms with Crippen molar-refractivity contribution in [3.05, 3.63) is 94.7 Å². The normalized spacial score (nSPS) is 13.9. The second-order valence-corrected chi connectivity index (χ2v) is 8.37. The Bertz CT molecular complexity index is 1230. The molecule has 1 aromatic carbocycles. The number of aryl methyl sites for hydroxylation is 2. The molecule has 156 valence electrons. The molecule has 0 spiro atoms. The van der Waals surface area contributed by atoms with Crippen LogP contribution >= 0.6 is 0 Å². The Morgan fingerprint density at radius 2 is 1.81 bits per heavy atom. The van der Waals surface area contributed by atoms with E-state index in [4.69, 9.17) is 4.98 Å². The van der Waals surface area contributed by atoms with E-state index in [1.807, 2.05) is 36.7 Å². The van der Waals surface area contributed by atoms with Crippen LogP contribution in [0.25, 0.3) is 17.2 Å². The predicted octanol–water partition coefficient (Wildman–Crippen LogP) is 4.81. The molecule has 0 radical (unpaired) electrons. The van der Waals surface area contributed by atoms with Crippen molar-refractivity contribution in [3.63, 3.8) is 0 Å². The number of pyridine rings is 1. The molecule has 4 aromatic rings. The summed E-state index contributed by atoms with van der Waals surface area (Å²) in [5, 5.41) is 0. The molecule has 0 atom stereocenters. The molecule has 3 aromatic heterocycles. The van der Waals surface area contributed by atoms with Crippen molar-refractivity contribution in [2.45, 2.75) is 40.3 Å². The Morgan fingerprint density at radius 1 is 0.968 bits per heavy atom. The Hall–Kier alpha value is -3.31. The van der Waals surface area contributed by atoms with Crippen molar-refractivity contribution in [3.8, 4) is 17.2 Å². The molecule has 1 aliphatic heterocycles. The number of aromatic nitrogens is 4. The lowest BCUT2D eigenvalue weighted by atomic mass is 10.1. The summed E-state index contributed by atoms with van der Waals surface area (Å²) in [5.74, 6) is 1.84. The van der Waals surface area contributed by atoms with Gasteiger partial charge in [0.15, 0.2) is 5.82 Å². The molecule has 0 amide bonds. The van der Waals surface area contributed by atoms with E-state index in [-0.39, 0.29) is 0 Å². The third-order valence-electron chi connectivity index (χ3n) is 6.17. The van der Waals surface area contributed by atoms with Gasteiger partial charge in [-0.15, -0.1) is 0 Å². The highest BCUT2D eigenvalue weighted by atomic mass is 15.1. The van der Waals surface area contributed by atoms with Crippen molar-refractivity contribution >= 4 is 0 Å². The average molecular weight is 410 g/mol. The fourth-order valence-electron chi connectivity index (χ4n) is 4.50. The van der Waals surface area contributed by atoms with Crippen molar-refractivity contribution in [2.24, 2.45) is 0 Å². The summed E-state index contributed by atoms with van der Waals surface area (Å²) in [6.45, 7) is 9.29. The SMILES string of the molecule is Cc1cccnc1-n1c(C)cc(CN2CCc3nc(-c4ccccc4)ncc3C2)c1C. The van der Waals surface area contributed by atoms with Crippen molar-refractivity contribution in [1.29, 1.82) is 0 Å². The minimum absolute atomic E-state index is 0.821. The van der Waals surface area contributed by atoms with E-state index in [1.54, 1.807) is 0 Å². The molecule has 0 saturated carbocycles. The molecule has 0 N–H and O–H groups in total. The predicted molar refractivity (Wildman–Crippen MR) is 123 cm³/mol. The van der Waals surface area contributed by atoms with E-state index in [9.17, 15) is 0 Å². The molecule has 4 heterocycles. The Morgan fingerprint density at radius 3 is 2.61 bits per heavy atom. The molecule has 5 nitrogen and oxygen atoms in total. The summed E-state index contributed by atoms with van der Waals surface area (Å²) in [4.78, 5) is 16.6. The highest BCUT2D eigenvalue weighted by molar-refractivity contribution is 5.54. The number of hydrogen-bond donors (Lipinski definition) is 0. The molecule has 5 heteroatoms. The van der Waals surface area contributed by atoms with E-state index >= 15 is 0 Å². The van der Waals surface area contributed by atoms with E-state index < -0.39 is 0 Å². The largest absolute Gasteiger partial charge is 0.303 e. The highest BCUT2D eigenvalue weighted by Gasteiger charge is 2.21.